The van der Waals surface area contributed by atoms with Crippen molar-refractivity contribution in [3.63, 3.8) is 0 Å². The number of aryl methyl sites for hydroxylation is 1. The zero-order chi connectivity index (χ0) is 21.1. The molecule has 0 aliphatic rings. The number of carbonyl (C=O) groups excluding carboxylic acids is 1. The molecule has 0 radical (unpaired) electrons. The van der Waals surface area contributed by atoms with Crippen molar-refractivity contribution in [2.45, 2.75) is 13.5 Å². The number of pyridine rings is 1. The summed E-state index contributed by atoms with van der Waals surface area (Å²) in [5, 5.41) is 7.22. The molecule has 4 rings (SSSR count). The standard InChI is InChI=1S/C22H17ClN4O3/c1-14-6-2-3-9-17(14)20-25-21(30-26-20)18-10-5-11-27(22(18)29)13-19(28)24-16-8-4-7-15(23)12-16/h2-12H,13H2,1H3,(H,24,28). The van der Waals surface area contributed by atoms with Crippen molar-refractivity contribution in [3.05, 3.63) is 87.8 Å². The van der Waals surface area contributed by atoms with Gasteiger partial charge in [0.25, 0.3) is 11.4 Å². The lowest BCUT2D eigenvalue weighted by atomic mass is 10.1. The van der Waals surface area contributed by atoms with Crippen LogP contribution in [-0.4, -0.2) is 20.6 Å². The number of amides is 1. The lowest BCUT2D eigenvalue weighted by molar-refractivity contribution is -0.116. The van der Waals surface area contributed by atoms with Crippen LogP contribution in [0.4, 0.5) is 5.69 Å². The molecule has 0 spiro atoms. The van der Waals surface area contributed by atoms with Crippen LogP contribution >= 0.6 is 11.6 Å². The molecule has 8 heteroatoms. The molecule has 0 bridgehead atoms. The minimum Gasteiger partial charge on any atom is -0.333 e. The van der Waals surface area contributed by atoms with E-state index in [1.165, 1.54) is 10.8 Å². The number of anilines is 1. The minimum absolute atomic E-state index is 0.0999. The summed E-state index contributed by atoms with van der Waals surface area (Å²) in [6.07, 6.45) is 1.53. The van der Waals surface area contributed by atoms with E-state index in [9.17, 15) is 9.59 Å². The van der Waals surface area contributed by atoms with Gasteiger partial charge in [0.2, 0.25) is 11.7 Å². The highest BCUT2D eigenvalue weighted by Crippen LogP contribution is 2.23. The predicted molar refractivity (Wildman–Crippen MR) is 114 cm³/mol. The first-order valence-corrected chi connectivity index (χ1v) is 9.54. The van der Waals surface area contributed by atoms with E-state index in [-0.39, 0.29) is 23.9 Å². The largest absolute Gasteiger partial charge is 0.333 e. The Morgan fingerprint density at radius 3 is 2.70 bits per heavy atom. The molecule has 4 aromatic rings. The predicted octanol–water partition coefficient (Wildman–Crippen LogP) is 4.17. The first-order chi connectivity index (χ1) is 14.5. The van der Waals surface area contributed by atoms with Gasteiger partial charge in [-0.25, -0.2) is 0 Å². The van der Waals surface area contributed by atoms with Crippen molar-refractivity contribution in [2.75, 3.05) is 5.32 Å². The van der Waals surface area contributed by atoms with E-state index in [0.29, 0.717) is 16.5 Å². The molecule has 0 aliphatic heterocycles. The first-order valence-electron chi connectivity index (χ1n) is 9.16. The Morgan fingerprint density at radius 2 is 1.90 bits per heavy atom. The molecule has 2 heterocycles. The average Bonchev–Trinajstić information content (AvgIpc) is 3.19. The quantitative estimate of drug-likeness (QED) is 0.523. The third-order valence-electron chi connectivity index (χ3n) is 4.48. The highest BCUT2D eigenvalue weighted by Gasteiger charge is 2.16. The fraction of sp³-hybridized carbons (Fsp3) is 0.0909. The molecule has 30 heavy (non-hydrogen) atoms. The Balaban J connectivity index is 1.57. The van der Waals surface area contributed by atoms with Crippen LogP contribution in [0.2, 0.25) is 5.02 Å². The van der Waals surface area contributed by atoms with Crippen LogP contribution in [0, 0.1) is 6.92 Å². The van der Waals surface area contributed by atoms with Crippen molar-refractivity contribution in [2.24, 2.45) is 0 Å². The molecule has 0 aliphatic carbocycles. The van der Waals surface area contributed by atoms with E-state index in [0.717, 1.165) is 11.1 Å². The van der Waals surface area contributed by atoms with Crippen LogP contribution in [0.5, 0.6) is 0 Å². The smallest absolute Gasteiger partial charge is 0.263 e. The third-order valence-corrected chi connectivity index (χ3v) is 4.72. The lowest BCUT2D eigenvalue weighted by Gasteiger charge is -2.08. The molecule has 0 atom stereocenters. The van der Waals surface area contributed by atoms with Gasteiger partial charge in [-0.1, -0.05) is 47.1 Å². The van der Waals surface area contributed by atoms with Crippen LogP contribution in [0.1, 0.15) is 5.56 Å². The van der Waals surface area contributed by atoms with Crippen LogP contribution in [0.3, 0.4) is 0 Å². The van der Waals surface area contributed by atoms with Gasteiger partial charge < -0.3 is 14.4 Å². The van der Waals surface area contributed by atoms with Crippen LogP contribution in [-0.2, 0) is 11.3 Å². The van der Waals surface area contributed by atoms with Crippen molar-refractivity contribution in [3.8, 4) is 22.8 Å². The Kier molecular flexibility index (Phi) is 5.45. The summed E-state index contributed by atoms with van der Waals surface area (Å²) in [5.74, 6) is 0.141. The summed E-state index contributed by atoms with van der Waals surface area (Å²) in [6, 6.07) is 17.7. The van der Waals surface area contributed by atoms with E-state index in [1.807, 2.05) is 31.2 Å². The van der Waals surface area contributed by atoms with Gasteiger partial charge in [0, 0.05) is 22.5 Å². The summed E-state index contributed by atoms with van der Waals surface area (Å²) < 4.78 is 6.60. The second-order valence-corrected chi connectivity index (χ2v) is 7.09. The number of rotatable bonds is 5. The molecule has 0 saturated heterocycles. The number of carbonyl (C=O) groups is 1. The van der Waals surface area contributed by atoms with E-state index in [1.54, 1.807) is 36.4 Å². The van der Waals surface area contributed by atoms with E-state index in [2.05, 4.69) is 15.5 Å². The molecule has 1 amide bonds. The van der Waals surface area contributed by atoms with Crippen molar-refractivity contribution >= 4 is 23.2 Å². The molecule has 7 nitrogen and oxygen atoms in total. The third kappa shape index (κ3) is 4.16. The molecule has 2 aromatic carbocycles. The maximum absolute atomic E-state index is 12.9. The summed E-state index contributed by atoms with van der Waals surface area (Å²) >= 11 is 5.93. The molecule has 2 aromatic heterocycles. The van der Waals surface area contributed by atoms with Gasteiger partial charge in [0.1, 0.15) is 12.1 Å². The summed E-state index contributed by atoms with van der Waals surface area (Å²) in [6.45, 7) is 1.78. The van der Waals surface area contributed by atoms with Gasteiger partial charge in [-0.15, -0.1) is 0 Å². The van der Waals surface area contributed by atoms with Gasteiger partial charge in [-0.3, -0.25) is 9.59 Å². The summed E-state index contributed by atoms with van der Waals surface area (Å²) in [5.41, 5.74) is 2.19. The van der Waals surface area contributed by atoms with Crippen LogP contribution in [0.25, 0.3) is 22.8 Å². The lowest BCUT2D eigenvalue weighted by Crippen LogP contribution is -2.28. The molecule has 0 fully saturated rings. The second kappa shape index (κ2) is 8.34. The summed E-state index contributed by atoms with van der Waals surface area (Å²) in [7, 11) is 0. The molecule has 150 valence electrons. The highest BCUT2D eigenvalue weighted by atomic mass is 35.5. The Morgan fingerprint density at radius 1 is 1.10 bits per heavy atom. The van der Waals surface area contributed by atoms with E-state index >= 15 is 0 Å². The average molecular weight is 421 g/mol. The van der Waals surface area contributed by atoms with Crippen molar-refractivity contribution < 1.29 is 9.32 Å². The van der Waals surface area contributed by atoms with Crippen LogP contribution in [0.15, 0.2) is 76.2 Å². The van der Waals surface area contributed by atoms with Gasteiger partial charge >= 0.3 is 0 Å². The number of aromatic nitrogens is 3. The van der Waals surface area contributed by atoms with Gasteiger partial charge in [0.05, 0.1) is 0 Å². The SMILES string of the molecule is Cc1ccccc1-c1noc(-c2cccn(CC(=O)Nc3cccc(Cl)c3)c2=O)n1. The molecular formula is C22H17ClN4O3. The topological polar surface area (TPSA) is 90.0 Å². The Bertz CT molecular complexity index is 1280. The molecule has 1 N–H and O–H groups in total. The summed E-state index contributed by atoms with van der Waals surface area (Å²) in [4.78, 5) is 29.6. The second-order valence-electron chi connectivity index (χ2n) is 6.65. The number of nitrogens with zero attached hydrogens (tertiary/aromatic N) is 3. The number of nitrogens with one attached hydrogen (secondary N) is 1. The number of hydrogen-bond donors (Lipinski definition) is 1. The Hall–Kier alpha value is -3.71. The first kappa shape index (κ1) is 19.6. The minimum atomic E-state index is -0.404. The normalized spacial score (nSPS) is 10.7. The van der Waals surface area contributed by atoms with Crippen molar-refractivity contribution in [1.82, 2.24) is 14.7 Å². The molecular weight excluding hydrogens is 404 g/mol. The number of halogens is 1. The van der Waals surface area contributed by atoms with Gasteiger partial charge in [0.15, 0.2) is 0 Å². The molecule has 0 saturated carbocycles. The van der Waals surface area contributed by atoms with Gasteiger partial charge in [-0.05, 0) is 42.8 Å². The molecule has 0 unspecified atom stereocenters. The zero-order valence-electron chi connectivity index (χ0n) is 16.0. The van der Waals surface area contributed by atoms with E-state index < -0.39 is 5.56 Å². The fourth-order valence-electron chi connectivity index (χ4n) is 3.01. The van der Waals surface area contributed by atoms with Crippen LogP contribution < -0.4 is 10.9 Å². The zero-order valence-corrected chi connectivity index (χ0v) is 16.8. The van der Waals surface area contributed by atoms with Gasteiger partial charge in [-0.2, -0.15) is 4.98 Å². The number of benzene rings is 2. The Labute approximate surface area is 176 Å². The number of hydrogen-bond acceptors (Lipinski definition) is 5. The van der Waals surface area contributed by atoms with E-state index in [4.69, 9.17) is 16.1 Å². The maximum Gasteiger partial charge on any atom is 0.263 e. The van der Waals surface area contributed by atoms with Crippen molar-refractivity contribution in [1.29, 1.82) is 0 Å². The highest BCUT2D eigenvalue weighted by molar-refractivity contribution is 6.30. The fourth-order valence-corrected chi connectivity index (χ4v) is 3.20. The monoisotopic (exact) mass is 420 g/mol. The maximum atomic E-state index is 12.9.